The second-order valence-corrected chi connectivity index (χ2v) is 10.3. The van der Waals surface area contributed by atoms with Crippen LogP contribution in [0.4, 0.5) is 18.9 Å². The Labute approximate surface area is 229 Å². The molecule has 0 spiro atoms. The molecule has 0 bridgehead atoms. The predicted molar refractivity (Wildman–Crippen MR) is 148 cm³/mol. The van der Waals surface area contributed by atoms with E-state index in [9.17, 15) is 13.2 Å². The monoisotopic (exact) mass is 538 g/mol. The number of piperazine rings is 1. The molecule has 2 aromatic heterocycles. The predicted octanol–water partition coefficient (Wildman–Crippen LogP) is 4.93. The quantitative estimate of drug-likeness (QED) is 0.425. The van der Waals surface area contributed by atoms with Gasteiger partial charge in [0.05, 0.1) is 23.0 Å². The van der Waals surface area contributed by atoms with Gasteiger partial charge in [0.25, 0.3) is 0 Å². The summed E-state index contributed by atoms with van der Waals surface area (Å²) >= 11 is 0. The molecule has 0 N–H and O–H groups in total. The number of aromatic nitrogens is 2. The molecule has 2 fully saturated rings. The minimum absolute atomic E-state index is 0.0886. The third-order valence-electron chi connectivity index (χ3n) is 7.90. The second-order valence-electron chi connectivity index (χ2n) is 10.3. The molecule has 5 rings (SSSR count). The Morgan fingerprint density at radius 2 is 1.44 bits per heavy atom. The van der Waals surface area contributed by atoms with Crippen molar-refractivity contribution in [2.75, 3.05) is 63.8 Å². The average Bonchev–Trinajstić information content (AvgIpc) is 3.21. The Morgan fingerprint density at radius 1 is 0.769 bits per heavy atom. The highest BCUT2D eigenvalue weighted by molar-refractivity contribution is 5.52. The lowest BCUT2D eigenvalue weighted by Crippen LogP contribution is -2.47. The molecule has 0 amide bonds. The van der Waals surface area contributed by atoms with E-state index in [0.29, 0.717) is 18.7 Å². The zero-order valence-electron chi connectivity index (χ0n) is 22.5. The van der Waals surface area contributed by atoms with Crippen LogP contribution in [0.2, 0.25) is 0 Å². The van der Waals surface area contributed by atoms with Crippen molar-refractivity contribution in [2.45, 2.75) is 32.1 Å². The summed E-state index contributed by atoms with van der Waals surface area (Å²) in [6.45, 7) is 9.88. The molecule has 0 radical (unpaired) electrons. The Kier molecular flexibility index (Phi) is 8.79. The van der Waals surface area contributed by atoms with Crippen molar-refractivity contribution in [3.8, 4) is 0 Å². The van der Waals surface area contributed by atoms with Gasteiger partial charge in [0.1, 0.15) is 0 Å². The molecule has 0 saturated carbocycles. The van der Waals surface area contributed by atoms with Crippen LogP contribution in [0.1, 0.15) is 41.9 Å². The van der Waals surface area contributed by atoms with E-state index in [2.05, 4.69) is 36.5 Å². The van der Waals surface area contributed by atoms with Gasteiger partial charge < -0.3 is 9.80 Å². The number of alkyl halides is 3. The van der Waals surface area contributed by atoms with Crippen LogP contribution in [-0.2, 0) is 12.7 Å². The summed E-state index contributed by atoms with van der Waals surface area (Å²) in [7, 11) is 0. The van der Waals surface area contributed by atoms with Gasteiger partial charge in [-0.3, -0.25) is 19.8 Å². The van der Waals surface area contributed by atoms with Gasteiger partial charge in [-0.1, -0.05) is 19.1 Å². The first-order valence-electron chi connectivity index (χ1n) is 13.9. The number of benzene rings is 1. The van der Waals surface area contributed by atoms with Crippen molar-refractivity contribution in [2.24, 2.45) is 0 Å². The van der Waals surface area contributed by atoms with Crippen LogP contribution >= 0.6 is 0 Å². The lowest BCUT2D eigenvalue weighted by Gasteiger charge is -2.39. The van der Waals surface area contributed by atoms with Crippen molar-refractivity contribution >= 4 is 5.69 Å². The summed E-state index contributed by atoms with van der Waals surface area (Å²) < 4.78 is 42.1. The summed E-state index contributed by atoms with van der Waals surface area (Å²) in [5.41, 5.74) is 2.57. The molecule has 1 aromatic carbocycles. The Balaban J connectivity index is 1.31. The zero-order chi connectivity index (χ0) is 27.2. The number of pyridine rings is 2. The minimum atomic E-state index is -4.38. The minimum Gasteiger partial charge on any atom is -0.370 e. The fraction of sp³-hybridized carbons (Fsp3) is 0.467. The van der Waals surface area contributed by atoms with Crippen molar-refractivity contribution < 1.29 is 13.2 Å². The summed E-state index contributed by atoms with van der Waals surface area (Å²) in [6.07, 6.45) is 0.213. The standard InChI is InChI=1S/C30H37F3N6/c1-2-36-14-7-15-38(19-16-36)25-10-11-26(30(31,32)33)24(22-25)23-37-17-20-39(21-18-37)29(27-8-3-5-12-34-27)28-9-4-6-13-35-28/h3-6,8-13,22,29H,2,7,14-21,23H2,1H3. The molecule has 0 atom stereocenters. The first kappa shape index (κ1) is 27.6. The first-order valence-corrected chi connectivity index (χ1v) is 13.9. The van der Waals surface area contributed by atoms with Crippen LogP contribution in [0.25, 0.3) is 0 Å². The summed E-state index contributed by atoms with van der Waals surface area (Å²) in [4.78, 5) is 18.3. The average molecular weight is 539 g/mol. The third kappa shape index (κ3) is 6.77. The highest BCUT2D eigenvalue weighted by Crippen LogP contribution is 2.35. The topological polar surface area (TPSA) is 38.7 Å². The van der Waals surface area contributed by atoms with Gasteiger partial charge in [-0.2, -0.15) is 13.2 Å². The Morgan fingerprint density at radius 3 is 2.03 bits per heavy atom. The summed E-state index contributed by atoms with van der Waals surface area (Å²) in [5.74, 6) is 0. The first-order chi connectivity index (χ1) is 18.9. The number of halogens is 3. The van der Waals surface area contributed by atoms with Gasteiger partial charge in [-0.25, -0.2) is 0 Å². The normalized spacial score (nSPS) is 18.4. The molecule has 208 valence electrons. The van der Waals surface area contributed by atoms with Crippen molar-refractivity contribution in [1.82, 2.24) is 24.7 Å². The maximum absolute atomic E-state index is 14.0. The van der Waals surface area contributed by atoms with Gasteiger partial charge in [0.2, 0.25) is 0 Å². The highest BCUT2D eigenvalue weighted by atomic mass is 19.4. The van der Waals surface area contributed by atoms with Gasteiger partial charge in [0.15, 0.2) is 0 Å². The molecular formula is C30H37F3N6. The van der Waals surface area contributed by atoms with Crippen molar-refractivity contribution in [3.63, 3.8) is 0 Å². The number of nitrogens with zero attached hydrogens (tertiary/aromatic N) is 6. The van der Waals surface area contributed by atoms with Gasteiger partial charge in [0, 0.05) is 70.4 Å². The van der Waals surface area contributed by atoms with Crippen LogP contribution in [0, 0.1) is 0 Å². The van der Waals surface area contributed by atoms with Crippen LogP contribution in [0.3, 0.4) is 0 Å². The highest BCUT2D eigenvalue weighted by Gasteiger charge is 2.35. The molecule has 9 heteroatoms. The Bertz CT molecular complexity index is 1140. The van der Waals surface area contributed by atoms with Crippen LogP contribution in [0.5, 0.6) is 0 Å². The van der Waals surface area contributed by atoms with Gasteiger partial charge >= 0.3 is 6.18 Å². The lowest BCUT2D eigenvalue weighted by molar-refractivity contribution is -0.138. The molecule has 39 heavy (non-hydrogen) atoms. The van der Waals surface area contributed by atoms with E-state index < -0.39 is 11.7 Å². The van der Waals surface area contributed by atoms with E-state index in [1.165, 1.54) is 6.07 Å². The van der Waals surface area contributed by atoms with Crippen LogP contribution in [0.15, 0.2) is 67.0 Å². The summed E-state index contributed by atoms with van der Waals surface area (Å²) in [6, 6.07) is 16.4. The maximum atomic E-state index is 14.0. The van der Waals surface area contributed by atoms with Gasteiger partial charge in [-0.05, 0) is 67.5 Å². The van der Waals surface area contributed by atoms with Crippen LogP contribution in [-0.4, -0.2) is 83.6 Å². The van der Waals surface area contributed by atoms with E-state index in [0.717, 1.165) is 69.3 Å². The SMILES string of the molecule is CCN1CCCN(c2ccc(C(F)(F)F)c(CN3CCN(C(c4ccccn4)c4ccccn4)CC3)c2)CC1. The van der Waals surface area contributed by atoms with E-state index in [-0.39, 0.29) is 12.6 Å². The molecule has 2 aliphatic rings. The number of hydrogen-bond donors (Lipinski definition) is 0. The molecule has 3 aromatic rings. The van der Waals surface area contributed by atoms with Crippen molar-refractivity contribution in [1.29, 1.82) is 0 Å². The largest absolute Gasteiger partial charge is 0.416 e. The molecule has 0 unspecified atom stereocenters. The molecule has 4 heterocycles. The Hall–Kier alpha value is -3.01. The van der Waals surface area contributed by atoms with E-state index >= 15 is 0 Å². The summed E-state index contributed by atoms with van der Waals surface area (Å²) in [5, 5.41) is 0. The van der Waals surface area contributed by atoms with E-state index in [1.54, 1.807) is 24.5 Å². The molecule has 6 nitrogen and oxygen atoms in total. The molecule has 2 aliphatic heterocycles. The number of hydrogen-bond acceptors (Lipinski definition) is 6. The van der Waals surface area contributed by atoms with E-state index in [4.69, 9.17) is 0 Å². The van der Waals surface area contributed by atoms with Gasteiger partial charge in [-0.15, -0.1) is 0 Å². The second kappa shape index (κ2) is 12.4. The molecule has 0 aliphatic carbocycles. The number of anilines is 1. The lowest BCUT2D eigenvalue weighted by atomic mass is 10.0. The van der Waals surface area contributed by atoms with E-state index in [1.807, 2.05) is 36.4 Å². The fourth-order valence-electron chi connectivity index (χ4n) is 5.75. The third-order valence-corrected chi connectivity index (χ3v) is 7.90. The number of likely N-dealkylation sites (N-methyl/N-ethyl adjacent to an activating group) is 1. The number of rotatable bonds is 7. The fourth-order valence-corrected chi connectivity index (χ4v) is 5.75. The zero-order valence-corrected chi connectivity index (χ0v) is 22.5. The molecule has 2 saturated heterocycles. The smallest absolute Gasteiger partial charge is 0.370 e. The van der Waals surface area contributed by atoms with Crippen molar-refractivity contribution in [3.05, 3.63) is 89.5 Å². The maximum Gasteiger partial charge on any atom is 0.416 e. The van der Waals surface area contributed by atoms with Crippen LogP contribution < -0.4 is 4.90 Å². The molecular weight excluding hydrogens is 501 g/mol.